The van der Waals surface area contributed by atoms with Crippen molar-refractivity contribution in [1.29, 1.82) is 0 Å². The van der Waals surface area contributed by atoms with Crippen LogP contribution in [0.5, 0.6) is 0 Å². The zero-order valence-corrected chi connectivity index (χ0v) is 36.1. The first kappa shape index (κ1) is 39.9. The maximum atomic E-state index is 15.1. The van der Waals surface area contributed by atoms with Crippen molar-refractivity contribution in [3.63, 3.8) is 0 Å². The summed E-state index contributed by atoms with van der Waals surface area (Å²) >= 11 is 7.89. The number of carbonyl (C=O) groups is 4. The third-order valence-corrected chi connectivity index (χ3v) is 14.9. The lowest BCUT2D eigenvalue weighted by molar-refractivity contribution is -0.131. The number of thiophene rings is 1. The third-order valence-electron chi connectivity index (χ3n) is 13.4. The fourth-order valence-electron chi connectivity index (χ4n) is 10.2. The summed E-state index contributed by atoms with van der Waals surface area (Å²) < 4.78 is 8.80. The van der Waals surface area contributed by atoms with Gasteiger partial charge in [-0.05, 0) is 122 Å². The van der Waals surface area contributed by atoms with E-state index in [1.807, 2.05) is 74.5 Å². The SMILES string of the molecule is Cc1c(-c2cc(N3C(=O)[C@@H]4C[C@@H]5C(=CC[C@@H]6C(=O)N(c7ccc(N=Nc8ccc(N(C)C)cc8)cc7)C(=O)[C@@H]65)[C@H](c5ccc(CO)o5)[C@]4(C)C3=O)n(C)n2)sc2ccc(Cl)cc12. The minimum atomic E-state index is -1.32. The van der Waals surface area contributed by atoms with Crippen LogP contribution in [0.3, 0.4) is 0 Å². The van der Waals surface area contributed by atoms with Gasteiger partial charge in [0, 0.05) is 42.6 Å². The Bertz CT molecular complexity index is 2910. The van der Waals surface area contributed by atoms with Gasteiger partial charge >= 0.3 is 0 Å². The summed E-state index contributed by atoms with van der Waals surface area (Å²) in [5.41, 5.74) is 3.78. The Balaban J connectivity index is 0.977. The standard InChI is InChI=1S/C47H42ClN7O6S/c1-24-33-20-25(48)6-19-38(33)62-42(24)36-22-39(53(5)51-36)55-44(58)35-21-34-31(41(47(35,2)46(55)60)37-18-15-30(23-56)61-37)16-17-32-40(34)45(59)54(43(32)57)29-13-9-27(10-14-29)50-49-26-7-11-28(12-8-26)52(3)4/h6-16,18-20,22,32,34-35,40-41,56H,17,21,23H2,1-5H3/t32-,34+,35-,40-,41+,47+/m0/s1. The van der Waals surface area contributed by atoms with Crippen molar-refractivity contribution in [3.8, 4) is 10.6 Å². The van der Waals surface area contributed by atoms with Crippen molar-refractivity contribution in [1.82, 2.24) is 9.78 Å². The number of azo groups is 1. The van der Waals surface area contributed by atoms with E-state index in [4.69, 9.17) is 21.1 Å². The average Bonchev–Trinajstić information content (AvgIpc) is 4.06. The second-order valence-electron chi connectivity index (χ2n) is 17.0. The number of amides is 4. The molecule has 2 aliphatic heterocycles. The molecule has 2 aliphatic carbocycles. The second kappa shape index (κ2) is 14.7. The van der Waals surface area contributed by atoms with Crippen molar-refractivity contribution in [2.45, 2.75) is 39.2 Å². The number of hydrogen-bond donors (Lipinski definition) is 1. The molecule has 0 unspecified atom stereocenters. The largest absolute Gasteiger partial charge is 0.463 e. The summed E-state index contributed by atoms with van der Waals surface area (Å²) in [6.07, 6.45) is 2.43. The molecule has 0 bridgehead atoms. The summed E-state index contributed by atoms with van der Waals surface area (Å²) in [7, 11) is 5.64. The van der Waals surface area contributed by atoms with E-state index in [2.05, 4.69) is 10.2 Å². The molecule has 0 radical (unpaired) electrons. The molecule has 3 aromatic heterocycles. The summed E-state index contributed by atoms with van der Waals surface area (Å²) in [5.74, 6) is -4.01. The number of imide groups is 2. The molecule has 4 aliphatic rings. The zero-order valence-electron chi connectivity index (χ0n) is 34.6. The number of rotatable bonds is 8. The molecule has 4 amide bonds. The second-order valence-corrected chi connectivity index (χ2v) is 18.5. The molecule has 10 rings (SSSR count). The van der Waals surface area contributed by atoms with Crippen LogP contribution < -0.4 is 14.7 Å². The van der Waals surface area contributed by atoms with Crippen LogP contribution in [0.25, 0.3) is 20.7 Å². The fraction of sp³-hybridized carbons (Fsp3) is 0.298. The first-order valence-electron chi connectivity index (χ1n) is 20.5. The van der Waals surface area contributed by atoms with Crippen LogP contribution >= 0.6 is 22.9 Å². The van der Waals surface area contributed by atoms with E-state index in [0.29, 0.717) is 45.1 Å². The lowest BCUT2D eigenvalue weighted by atomic mass is 9.52. The van der Waals surface area contributed by atoms with Crippen molar-refractivity contribution in [3.05, 3.63) is 119 Å². The van der Waals surface area contributed by atoms with Crippen molar-refractivity contribution < 1.29 is 28.7 Å². The quantitative estimate of drug-likeness (QED) is 0.0903. The Labute approximate surface area is 365 Å². The molecule has 5 heterocycles. The normalized spacial score (nSPS) is 24.6. The van der Waals surface area contributed by atoms with Crippen LogP contribution in [0.1, 0.15) is 42.8 Å². The van der Waals surface area contributed by atoms with E-state index >= 15 is 4.79 Å². The molecule has 15 heteroatoms. The minimum Gasteiger partial charge on any atom is -0.463 e. The molecular weight excluding hydrogens is 826 g/mol. The number of aliphatic hydroxyl groups is 1. The van der Waals surface area contributed by atoms with Gasteiger partial charge in [-0.25, -0.2) is 4.90 Å². The predicted octanol–water partition coefficient (Wildman–Crippen LogP) is 9.27. The summed E-state index contributed by atoms with van der Waals surface area (Å²) in [6, 6.07) is 25.4. The Kier molecular flexibility index (Phi) is 9.46. The molecule has 13 nitrogen and oxygen atoms in total. The third kappa shape index (κ3) is 6.02. The summed E-state index contributed by atoms with van der Waals surface area (Å²) in [5, 5.41) is 25.2. The van der Waals surface area contributed by atoms with Crippen LogP contribution in [0.15, 0.2) is 111 Å². The lowest BCUT2D eigenvalue weighted by Crippen LogP contribution is -2.48. The van der Waals surface area contributed by atoms with E-state index in [1.54, 1.807) is 72.5 Å². The highest BCUT2D eigenvalue weighted by Crippen LogP contribution is 2.64. The molecule has 2 saturated heterocycles. The average molecular weight is 868 g/mol. The van der Waals surface area contributed by atoms with Crippen molar-refractivity contribution >= 4 is 85.2 Å². The number of aryl methyl sites for hydroxylation is 2. The molecular formula is C47H42ClN7O6S. The van der Waals surface area contributed by atoms with Crippen LogP contribution in [0.4, 0.5) is 28.6 Å². The van der Waals surface area contributed by atoms with Gasteiger partial charge in [0.2, 0.25) is 23.6 Å². The van der Waals surface area contributed by atoms with Crippen LogP contribution in [-0.2, 0) is 32.8 Å². The highest BCUT2D eigenvalue weighted by atomic mass is 35.5. The summed E-state index contributed by atoms with van der Waals surface area (Å²) in [4.78, 5) is 64.3. The fourth-order valence-corrected chi connectivity index (χ4v) is 11.6. The number of aliphatic hydroxyl groups excluding tert-OH is 1. The van der Waals surface area contributed by atoms with E-state index in [1.165, 1.54) is 9.80 Å². The number of halogens is 1. The van der Waals surface area contributed by atoms with Gasteiger partial charge in [0.05, 0.1) is 51.0 Å². The topological polar surface area (TPSA) is 154 Å². The van der Waals surface area contributed by atoms with Gasteiger partial charge in [-0.3, -0.25) is 28.8 Å². The lowest BCUT2D eigenvalue weighted by Gasteiger charge is -2.48. The van der Waals surface area contributed by atoms with E-state index in [-0.39, 0.29) is 31.3 Å². The Morgan fingerprint density at radius 3 is 2.29 bits per heavy atom. The molecule has 6 aromatic rings. The Morgan fingerprint density at radius 2 is 1.61 bits per heavy atom. The number of nitrogens with zero attached hydrogens (tertiary/aromatic N) is 7. The number of anilines is 3. The highest BCUT2D eigenvalue weighted by molar-refractivity contribution is 7.22. The number of hydrogen-bond acceptors (Lipinski definition) is 11. The number of carbonyl (C=O) groups excluding carboxylic acids is 4. The van der Waals surface area contributed by atoms with Gasteiger partial charge in [0.15, 0.2) is 0 Å². The van der Waals surface area contributed by atoms with Gasteiger partial charge in [0.1, 0.15) is 29.6 Å². The van der Waals surface area contributed by atoms with Gasteiger partial charge in [-0.2, -0.15) is 15.3 Å². The zero-order chi connectivity index (χ0) is 43.4. The van der Waals surface area contributed by atoms with E-state index in [0.717, 1.165) is 31.8 Å². The predicted molar refractivity (Wildman–Crippen MR) is 237 cm³/mol. The van der Waals surface area contributed by atoms with Crippen LogP contribution in [-0.4, -0.2) is 52.6 Å². The maximum absolute atomic E-state index is 15.1. The van der Waals surface area contributed by atoms with E-state index < -0.39 is 46.8 Å². The molecule has 0 spiro atoms. The van der Waals surface area contributed by atoms with Crippen LogP contribution in [0.2, 0.25) is 5.02 Å². The Morgan fingerprint density at radius 1 is 0.903 bits per heavy atom. The summed E-state index contributed by atoms with van der Waals surface area (Å²) in [6.45, 7) is 3.45. The smallest absolute Gasteiger partial charge is 0.242 e. The van der Waals surface area contributed by atoms with Gasteiger partial charge in [0.25, 0.3) is 0 Å². The molecule has 1 saturated carbocycles. The van der Waals surface area contributed by atoms with Crippen molar-refractivity contribution in [2.24, 2.45) is 46.4 Å². The molecule has 3 fully saturated rings. The van der Waals surface area contributed by atoms with Gasteiger partial charge in [-0.15, -0.1) is 11.3 Å². The molecule has 314 valence electrons. The molecule has 3 aromatic carbocycles. The number of furan rings is 1. The molecule has 62 heavy (non-hydrogen) atoms. The van der Waals surface area contributed by atoms with Gasteiger partial charge < -0.3 is 14.4 Å². The number of benzene rings is 3. The monoisotopic (exact) mass is 867 g/mol. The first-order valence-corrected chi connectivity index (χ1v) is 21.7. The number of aromatic nitrogens is 2. The molecule has 6 atom stereocenters. The van der Waals surface area contributed by atoms with Gasteiger partial charge in [-0.1, -0.05) is 23.3 Å². The first-order chi connectivity index (χ1) is 29.8. The number of fused-ring (bicyclic) bond motifs is 5. The van der Waals surface area contributed by atoms with Crippen LogP contribution in [0, 0.1) is 36.0 Å². The Hall–Kier alpha value is -6.22. The highest BCUT2D eigenvalue weighted by Gasteiger charge is 2.68. The molecule has 1 N–H and O–H groups in total. The van der Waals surface area contributed by atoms with E-state index in [9.17, 15) is 19.5 Å². The maximum Gasteiger partial charge on any atom is 0.242 e. The van der Waals surface area contributed by atoms with Crippen molar-refractivity contribution in [2.75, 3.05) is 28.8 Å². The minimum absolute atomic E-state index is 0.178. The number of allylic oxidation sites excluding steroid dienone is 2.